The fourth-order valence-corrected chi connectivity index (χ4v) is 2.38. The van der Waals surface area contributed by atoms with Gasteiger partial charge in [-0.3, -0.25) is 0 Å². The molecule has 0 amide bonds. The molecule has 2 aromatic rings. The topological polar surface area (TPSA) is 48.1 Å². The van der Waals surface area contributed by atoms with Crippen LogP contribution in [0.5, 0.6) is 0 Å². The summed E-state index contributed by atoms with van der Waals surface area (Å²) in [4.78, 5) is 0. The highest BCUT2D eigenvalue weighted by Gasteiger charge is 1.98. The highest BCUT2D eigenvalue weighted by Crippen LogP contribution is 1.97. The van der Waals surface area contributed by atoms with Crippen molar-refractivity contribution in [2.24, 2.45) is 0 Å². The maximum absolute atomic E-state index is 5.25. The Labute approximate surface area is 154 Å². The molecule has 6 heteroatoms. The third-order valence-corrected chi connectivity index (χ3v) is 3.87. The predicted molar refractivity (Wildman–Crippen MR) is 108 cm³/mol. The van der Waals surface area contributed by atoms with Crippen molar-refractivity contribution in [1.82, 2.24) is 21.3 Å². The van der Waals surface area contributed by atoms with Crippen LogP contribution in [0.2, 0.25) is 0 Å². The molecule has 0 aliphatic carbocycles. The van der Waals surface area contributed by atoms with Crippen LogP contribution >= 0.6 is 24.4 Å². The molecule has 0 unspecified atom stereocenters. The van der Waals surface area contributed by atoms with Gasteiger partial charge in [0.05, 0.1) is 0 Å². The molecule has 0 bridgehead atoms. The lowest BCUT2D eigenvalue weighted by molar-refractivity contribution is 0.767. The van der Waals surface area contributed by atoms with Gasteiger partial charge in [-0.1, -0.05) is 60.7 Å². The van der Waals surface area contributed by atoms with Crippen molar-refractivity contribution in [3.8, 4) is 0 Å². The molecule has 0 aliphatic rings. The molecule has 0 atom stereocenters. The van der Waals surface area contributed by atoms with Gasteiger partial charge in [-0.25, -0.2) is 0 Å². The molecule has 0 saturated heterocycles. The molecule has 0 aliphatic heterocycles. The van der Waals surface area contributed by atoms with E-state index in [-0.39, 0.29) is 0 Å². The van der Waals surface area contributed by atoms with E-state index in [1.165, 1.54) is 11.1 Å². The number of nitrogens with one attached hydrogen (secondary N) is 4. The molecule has 4 N–H and O–H groups in total. The maximum Gasteiger partial charge on any atom is 0.166 e. The molecule has 0 saturated carbocycles. The Kier molecular flexibility index (Phi) is 8.00. The highest BCUT2D eigenvalue weighted by molar-refractivity contribution is 7.80. The van der Waals surface area contributed by atoms with Gasteiger partial charge in [-0.2, -0.15) is 0 Å². The molecule has 126 valence electrons. The second kappa shape index (κ2) is 10.6. The second-order valence-electron chi connectivity index (χ2n) is 5.19. The number of hydrogen-bond acceptors (Lipinski definition) is 2. The molecular formula is C18H22N4S2. The largest absolute Gasteiger partial charge is 0.361 e. The van der Waals surface area contributed by atoms with Gasteiger partial charge >= 0.3 is 0 Å². The van der Waals surface area contributed by atoms with E-state index in [0.29, 0.717) is 23.3 Å². The normalized spacial score (nSPS) is 9.83. The molecule has 0 aromatic heterocycles. The first-order valence-corrected chi connectivity index (χ1v) is 8.67. The summed E-state index contributed by atoms with van der Waals surface area (Å²) in [6.07, 6.45) is 0. The monoisotopic (exact) mass is 358 g/mol. The Morgan fingerprint density at radius 2 is 0.958 bits per heavy atom. The van der Waals surface area contributed by atoms with Crippen LogP contribution in [0.4, 0.5) is 0 Å². The second-order valence-corrected chi connectivity index (χ2v) is 6.01. The van der Waals surface area contributed by atoms with Crippen molar-refractivity contribution in [2.75, 3.05) is 13.1 Å². The zero-order chi connectivity index (χ0) is 17.0. The first kappa shape index (κ1) is 18.2. The average molecular weight is 359 g/mol. The molecule has 0 radical (unpaired) electrons. The third kappa shape index (κ3) is 7.39. The van der Waals surface area contributed by atoms with E-state index < -0.39 is 0 Å². The lowest BCUT2D eigenvalue weighted by Gasteiger charge is -2.13. The van der Waals surface area contributed by atoms with Crippen molar-refractivity contribution < 1.29 is 0 Å². The predicted octanol–water partition coefficient (Wildman–Crippen LogP) is 2.31. The standard InChI is InChI=1S/C18H22N4S2/c23-17(21-13-15-7-3-1-4-8-15)19-11-12-20-18(24)22-14-16-9-5-2-6-10-16/h1-10H,11-14H2,(H2,19,21,23)(H2,20,22,24). The Morgan fingerprint density at radius 1 is 0.583 bits per heavy atom. The van der Waals surface area contributed by atoms with Crippen molar-refractivity contribution in [2.45, 2.75) is 13.1 Å². The van der Waals surface area contributed by atoms with Gasteiger partial charge in [-0.05, 0) is 35.6 Å². The van der Waals surface area contributed by atoms with Crippen LogP contribution in [0.3, 0.4) is 0 Å². The van der Waals surface area contributed by atoms with E-state index in [0.717, 1.165) is 13.1 Å². The van der Waals surface area contributed by atoms with Crippen LogP contribution in [0.25, 0.3) is 0 Å². The molecule has 2 rings (SSSR count). The molecule has 0 fully saturated rings. The minimum atomic E-state index is 0.642. The van der Waals surface area contributed by atoms with Gasteiger partial charge < -0.3 is 21.3 Å². The number of benzene rings is 2. The summed E-state index contributed by atoms with van der Waals surface area (Å²) >= 11 is 10.5. The number of rotatable bonds is 7. The quantitative estimate of drug-likeness (QED) is 0.450. The van der Waals surface area contributed by atoms with E-state index in [1.54, 1.807) is 0 Å². The lowest BCUT2D eigenvalue weighted by Crippen LogP contribution is -2.42. The Hall–Kier alpha value is -2.18. The third-order valence-electron chi connectivity index (χ3n) is 3.29. The lowest BCUT2D eigenvalue weighted by atomic mass is 10.2. The SMILES string of the molecule is S=C(NCCNC(=S)NCc1ccccc1)NCc1ccccc1. The Balaban J connectivity index is 1.52. The van der Waals surface area contributed by atoms with Gasteiger partial charge in [0.15, 0.2) is 10.2 Å². The average Bonchev–Trinajstić information content (AvgIpc) is 2.63. The zero-order valence-electron chi connectivity index (χ0n) is 13.4. The van der Waals surface area contributed by atoms with E-state index >= 15 is 0 Å². The molecule has 24 heavy (non-hydrogen) atoms. The minimum Gasteiger partial charge on any atom is -0.361 e. The summed E-state index contributed by atoms with van der Waals surface area (Å²) in [5.74, 6) is 0. The van der Waals surface area contributed by atoms with E-state index in [1.807, 2.05) is 36.4 Å². The summed E-state index contributed by atoms with van der Waals surface area (Å²) in [5, 5.41) is 13.9. The summed E-state index contributed by atoms with van der Waals surface area (Å²) < 4.78 is 0. The number of hydrogen-bond donors (Lipinski definition) is 4. The van der Waals surface area contributed by atoms with Gasteiger partial charge in [0, 0.05) is 26.2 Å². The minimum absolute atomic E-state index is 0.642. The van der Waals surface area contributed by atoms with Crippen molar-refractivity contribution in [3.63, 3.8) is 0 Å². The smallest absolute Gasteiger partial charge is 0.166 e. The Morgan fingerprint density at radius 3 is 1.33 bits per heavy atom. The number of thiocarbonyl (C=S) groups is 2. The van der Waals surface area contributed by atoms with Crippen molar-refractivity contribution in [1.29, 1.82) is 0 Å². The summed E-state index contributed by atoms with van der Waals surface area (Å²) in [5.41, 5.74) is 2.40. The summed E-state index contributed by atoms with van der Waals surface area (Å²) in [6.45, 7) is 2.84. The molecular weight excluding hydrogens is 336 g/mol. The van der Waals surface area contributed by atoms with Gasteiger partial charge in [0.1, 0.15) is 0 Å². The van der Waals surface area contributed by atoms with Gasteiger partial charge in [0.2, 0.25) is 0 Å². The van der Waals surface area contributed by atoms with Crippen LogP contribution < -0.4 is 21.3 Å². The van der Waals surface area contributed by atoms with Crippen LogP contribution in [0, 0.1) is 0 Å². The Bertz CT molecular complexity index is 574. The van der Waals surface area contributed by atoms with Crippen LogP contribution in [0.15, 0.2) is 60.7 Å². The van der Waals surface area contributed by atoms with E-state index in [9.17, 15) is 0 Å². The molecule has 2 aromatic carbocycles. The molecule has 0 heterocycles. The van der Waals surface area contributed by atoms with Crippen molar-refractivity contribution >= 4 is 34.7 Å². The zero-order valence-corrected chi connectivity index (χ0v) is 15.1. The maximum atomic E-state index is 5.25. The summed E-state index contributed by atoms with van der Waals surface area (Å²) in [6, 6.07) is 20.3. The van der Waals surface area contributed by atoms with E-state index in [2.05, 4.69) is 45.5 Å². The van der Waals surface area contributed by atoms with Crippen LogP contribution in [-0.2, 0) is 13.1 Å². The first-order valence-electron chi connectivity index (χ1n) is 7.85. The molecule has 0 spiro atoms. The van der Waals surface area contributed by atoms with Crippen molar-refractivity contribution in [3.05, 3.63) is 71.8 Å². The van der Waals surface area contributed by atoms with E-state index in [4.69, 9.17) is 24.4 Å². The first-order chi connectivity index (χ1) is 11.7. The fourth-order valence-electron chi connectivity index (χ4n) is 2.03. The van der Waals surface area contributed by atoms with Gasteiger partial charge in [0.25, 0.3) is 0 Å². The highest BCUT2D eigenvalue weighted by atomic mass is 32.1. The fraction of sp³-hybridized carbons (Fsp3) is 0.222. The van der Waals surface area contributed by atoms with Crippen LogP contribution in [0.1, 0.15) is 11.1 Å². The molecule has 4 nitrogen and oxygen atoms in total. The van der Waals surface area contributed by atoms with Crippen LogP contribution in [-0.4, -0.2) is 23.3 Å². The summed E-state index contributed by atoms with van der Waals surface area (Å²) in [7, 11) is 0. The van der Waals surface area contributed by atoms with Gasteiger partial charge in [-0.15, -0.1) is 0 Å².